The van der Waals surface area contributed by atoms with Crippen molar-refractivity contribution in [2.24, 2.45) is 0 Å². The third kappa shape index (κ3) is 22.4. The normalized spacial score (nSPS) is 16.3. The summed E-state index contributed by atoms with van der Waals surface area (Å²) in [6.45, 7) is 26.0. The Morgan fingerprint density at radius 1 is 0.477 bits per heavy atom. The number of likely N-dealkylation sites (tertiary alicyclic amines) is 3. The maximum absolute atomic E-state index is 13.0. The average molecular weight is 1570 g/mol. The smallest absolute Gasteiger partial charge is 0.267 e. The Morgan fingerprint density at radius 3 is 1.36 bits per heavy atom. The fourth-order valence-corrected chi connectivity index (χ4v) is 14.9. The Kier molecular flexibility index (Phi) is 27.8. The number of carbonyl (C=O) groups is 6. The number of nitrogens with one attached hydrogen (secondary N) is 9. The predicted octanol–water partition coefficient (Wildman–Crippen LogP) is 12.9. The van der Waals surface area contributed by atoms with Crippen LogP contribution in [0.4, 0.5) is 67.8 Å². The highest BCUT2D eigenvalue weighted by Crippen LogP contribution is 2.32. The summed E-state index contributed by atoms with van der Waals surface area (Å²) < 4.78 is 5.50. The lowest BCUT2D eigenvalue weighted by atomic mass is 10.1. The largest absolute Gasteiger partial charge is 0.379 e. The molecule has 4 aliphatic heterocycles. The molecule has 34 heteroatoms. The van der Waals surface area contributed by atoms with Crippen molar-refractivity contribution in [2.75, 3.05) is 113 Å². The van der Waals surface area contributed by atoms with Crippen molar-refractivity contribution in [1.82, 2.24) is 64.5 Å². The first-order valence-corrected chi connectivity index (χ1v) is 38.5. The van der Waals surface area contributed by atoms with E-state index in [0.29, 0.717) is 133 Å². The minimum Gasteiger partial charge on any atom is -0.379 e. The highest BCUT2D eigenvalue weighted by molar-refractivity contribution is 7.18. The summed E-state index contributed by atoms with van der Waals surface area (Å²) >= 11 is 16.1. The molecule has 0 radical (unpaired) electrons. The van der Waals surface area contributed by atoms with E-state index in [1.54, 1.807) is 57.6 Å². The maximum Gasteiger partial charge on any atom is 0.267 e. The van der Waals surface area contributed by atoms with Gasteiger partial charge in [0.25, 0.3) is 17.7 Å². The van der Waals surface area contributed by atoms with Gasteiger partial charge in [-0.15, -0.1) is 0 Å². The number of para-hydroxylation sites is 3. The highest BCUT2D eigenvalue weighted by Gasteiger charge is 2.28. The number of rotatable bonds is 23. The van der Waals surface area contributed by atoms with Crippen molar-refractivity contribution in [2.45, 2.75) is 90.9 Å². The summed E-state index contributed by atoms with van der Waals surface area (Å²) in [6, 6.07) is 22.3. The van der Waals surface area contributed by atoms with Gasteiger partial charge < -0.3 is 67.3 Å². The van der Waals surface area contributed by atoms with Gasteiger partial charge in [0.05, 0.1) is 58.9 Å². The summed E-state index contributed by atoms with van der Waals surface area (Å²) in [5.74, 6) is 2.04. The van der Waals surface area contributed by atoms with E-state index >= 15 is 0 Å². The van der Waals surface area contributed by atoms with E-state index in [9.17, 15) is 28.8 Å². The molecule has 29 nitrogen and oxygen atoms in total. The second kappa shape index (κ2) is 38.3. The van der Waals surface area contributed by atoms with Crippen LogP contribution < -0.4 is 47.9 Å². The summed E-state index contributed by atoms with van der Waals surface area (Å²) in [7, 11) is 0. The molecule has 13 rings (SSSR count). The fraction of sp³-hybridized carbons (Fsp3) is 0.320. The van der Waals surface area contributed by atoms with Crippen LogP contribution in [-0.4, -0.2) is 184 Å². The van der Waals surface area contributed by atoms with Crippen LogP contribution >= 0.6 is 57.2 Å². The van der Waals surface area contributed by atoms with Crippen LogP contribution in [-0.2, 0) is 25.7 Å². The monoisotopic (exact) mass is 1570 g/mol. The molecule has 6 amide bonds. The average Bonchev–Trinajstić information content (AvgIpc) is 1.37. The number of aryl methyl sites for hydroxylation is 4. The second-order valence-electron chi connectivity index (χ2n) is 25.9. The Morgan fingerprint density at radius 2 is 0.881 bits per heavy atom. The number of ether oxygens (including phenoxy) is 1. The second-order valence-corrected chi connectivity index (χ2v) is 29.8. The van der Waals surface area contributed by atoms with Gasteiger partial charge in [-0.3, -0.25) is 33.7 Å². The molecule has 9 aromatic rings. The molecule has 568 valence electrons. The molecule has 4 fully saturated rings. The molecule has 0 aliphatic carbocycles. The minimum atomic E-state index is -0.290. The number of morpholine rings is 1. The molecule has 109 heavy (non-hydrogen) atoms. The summed E-state index contributed by atoms with van der Waals surface area (Å²) in [6.07, 6.45) is 17.3. The molecule has 4 aliphatic rings. The number of amides is 6. The molecule has 3 aromatic carbocycles. The molecule has 3 atom stereocenters. The van der Waals surface area contributed by atoms with Crippen LogP contribution in [0, 0.1) is 27.7 Å². The fourth-order valence-electron chi connectivity index (χ4n) is 12.2. The van der Waals surface area contributed by atoms with Gasteiger partial charge in [-0.05, 0) is 131 Å². The van der Waals surface area contributed by atoms with Crippen LogP contribution in [0.3, 0.4) is 0 Å². The highest BCUT2D eigenvalue weighted by atomic mass is 35.5. The Balaban J connectivity index is 0.000000164. The number of nitrogens with zero attached hydrogens (tertiary/aromatic N) is 13. The number of halogens is 2. The van der Waals surface area contributed by atoms with E-state index < -0.39 is 0 Å². The van der Waals surface area contributed by atoms with E-state index in [-0.39, 0.29) is 53.6 Å². The van der Waals surface area contributed by atoms with Gasteiger partial charge in [-0.2, -0.15) is 15.0 Å². The van der Waals surface area contributed by atoms with Gasteiger partial charge in [0.1, 0.15) is 32.1 Å². The predicted molar refractivity (Wildman–Crippen MR) is 431 cm³/mol. The third-order valence-electron chi connectivity index (χ3n) is 17.9. The van der Waals surface area contributed by atoms with E-state index in [4.69, 9.17) is 37.9 Å². The zero-order valence-corrected chi connectivity index (χ0v) is 64.5. The number of aromatic nitrogens is 9. The Hall–Kier alpha value is -10.9. The van der Waals surface area contributed by atoms with Gasteiger partial charge in [0.2, 0.25) is 35.6 Å². The van der Waals surface area contributed by atoms with Gasteiger partial charge in [-0.1, -0.05) is 119 Å². The number of piperidine rings is 1. The summed E-state index contributed by atoms with van der Waals surface area (Å²) in [5, 5.41) is 30.8. The van der Waals surface area contributed by atoms with Crippen LogP contribution in [0.2, 0.25) is 10.0 Å². The van der Waals surface area contributed by atoms with Gasteiger partial charge >= 0.3 is 0 Å². The van der Waals surface area contributed by atoms with Crippen molar-refractivity contribution in [3.8, 4) is 0 Å². The molecule has 1 unspecified atom stereocenters. The molecule has 4 saturated heterocycles. The molecular weight excluding hydrogens is 1490 g/mol. The number of hydrogen-bond acceptors (Lipinski definition) is 26. The third-order valence-corrected chi connectivity index (χ3v) is 21.2. The van der Waals surface area contributed by atoms with E-state index in [0.717, 1.165) is 98.3 Å². The van der Waals surface area contributed by atoms with Crippen molar-refractivity contribution < 1.29 is 33.5 Å². The lowest BCUT2D eigenvalue weighted by molar-refractivity contribution is -0.127. The number of thiazole rings is 3. The standard InChI is InChI=1S/C29H36N8O3S.C24H26ClN7O2S.C22H22ClN7O2S/c1-4-25(38)37-10-6-9-21(18-37)31-28-32-22(17-36-11-13-40-14-12-36)15-24(33-28)34-29-30-16-23(41-29)27(39)35-26-19(2)7-5-8-20(26)3;1-3-20(33)32-12-5-4-8-16(14-32)28-23-26-11-10-19(29-23)30-24-27-13-18(35-24)22(34)31-21-15(2)7-6-9-17(21)25;1-3-18(31)30-10-8-14(12-30)26-21-24-9-7-17(27-21)28-22-25-11-16(33-22)20(32)29-19-13(2)5-4-6-15(19)23/h4-5,7-8,15-16,21H,1,6,9-14,17-18H2,2-3H3,(H,35,39)(H2,30,31,32,33,34);3,6-7,9-11,13,16H,1,4-5,8,12,14H2,2H3,(H,31,34)(H2,26,27,28,29,30);3-7,9,11,14H,1,8,10,12H2,2H3,(H,29,32)(H2,24,25,26,27,28)/t21-;;14-/m0.0/s1. The van der Waals surface area contributed by atoms with E-state index in [1.807, 2.05) is 76.2 Å². The molecule has 0 saturated carbocycles. The SMILES string of the molecule is C=CC(=O)N1CCCCC(Nc2nccc(Nc3ncc(C(=O)Nc4c(C)cccc4Cl)s3)n2)C1.C=CC(=O)N1CCC[C@H](Nc2nc(CN3CCOCC3)cc(Nc3ncc(C(=O)Nc4c(C)cccc4C)s3)n2)C1.C=CC(=O)N1CC[C@H](Nc2nccc(Nc3ncc(C(=O)Nc4c(C)cccc4Cl)s3)n2)C1. The topological polar surface area (TPSA) is 349 Å². The van der Waals surface area contributed by atoms with Crippen LogP contribution in [0.25, 0.3) is 0 Å². The molecule has 0 spiro atoms. The van der Waals surface area contributed by atoms with Crippen LogP contribution in [0.5, 0.6) is 0 Å². The lowest BCUT2D eigenvalue weighted by Gasteiger charge is -2.32. The summed E-state index contributed by atoms with van der Waals surface area (Å²) in [5.41, 5.74) is 6.59. The molecule has 9 N–H and O–H groups in total. The Bertz CT molecular complexity index is 4700. The zero-order chi connectivity index (χ0) is 76.9. The molecule has 6 aromatic heterocycles. The number of hydrogen-bond donors (Lipinski definition) is 9. The zero-order valence-electron chi connectivity index (χ0n) is 60.6. The van der Waals surface area contributed by atoms with Gasteiger partial charge in [-0.25, -0.2) is 29.9 Å². The van der Waals surface area contributed by atoms with E-state index in [2.05, 4.69) is 107 Å². The number of benzene rings is 3. The number of anilines is 12. The first-order valence-electron chi connectivity index (χ1n) is 35.3. The Labute approximate surface area is 653 Å². The lowest BCUT2D eigenvalue weighted by Crippen LogP contribution is -2.44. The molecule has 10 heterocycles. The van der Waals surface area contributed by atoms with Crippen molar-refractivity contribution in [1.29, 1.82) is 0 Å². The van der Waals surface area contributed by atoms with Gasteiger partial charge in [0, 0.05) is 101 Å². The van der Waals surface area contributed by atoms with Crippen LogP contribution in [0.1, 0.15) is 95.5 Å². The molecular formula is C75H84Cl2N22O7S3. The number of carbonyl (C=O) groups excluding carboxylic acids is 6. The van der Waals surface area contributed by atoms with E-state index in [1.165, 1.54) is 64.6 Å². The first kappa shape index (κ1) is 79.2. The van der Waals surface area contributed by atoms with Crippen molar-refractivity contribution in [3.63, 3.8) is 0 Å². The van der Waals surface area contributed by atoms with Crippen molar-refractivity contribution in [3.05, 3.63) is 194 Å². The summed E-state index contributed by atoms with van der Waals surface area (Å²) in [4.78, 5) is 123. The maximum atomic E-state index is 13.0. The van der Waals surface area contributed by atoms with Crippen LogP contribution in [0.15, 0.2) is 142 Å². The first-order chi connectivity index (χ1) is 52.7. The van der Waals surface area contributed by atoms with Gasteiger partial charge in [0.15, 0.2) is 15.4 Å². The molecule has 0 bridgehead atoms. The quantitative estimate of drug-likeness (QED) is 0.0269. The van der Waals surface area contributed by atoms with Crippen molar-refractivity contribution >= 4 is 160 Å². The minimum absolute atomic E-state index is 0.0270.